The first-order valence-corrected chi connectivity index (χ1v) is 6.00. The molecule has 2 N–H and O–H groups in total. The van der Waals surface area contributed by atoms with Gasteiger partial charge in [0.05, 0.1) is 0 Å². The van der Waals surface area contributed by atoms with Crippen LogP contribution in [0.4, 0.5) is 4.79 Å². The van der Waals surface area contributed by atoms with Crippen molar-refractivity contribution in [2.45, 2.75) is 58.1 Å². The first-order chi connectivity index (χ1) is 7.78. The van der Waals surface area contributed by atoms with Crippen molar-refractivity contribution in [3.8, 4) is 0 Å². The van der Waals surface area contributed by atoms with Gasteiger partial charge < -0.3 is 15.2 Å². The molecule has 0 aromatic heterocycles. The van der Waals surface area contributed by atoms with E-state index in [0.29, 0.717) is 12.3 Å². The van der Waals surface area contributed by atoms with Crippen molar-refractivity contribution in [1.82, 2.24) is 5.32 Å². The van der Waals surface area contributed by atoms with Gasteiger partial charge in [0.1, 0.15) is 11.6 Å². The minimum absolute atomic E-state index is 0.422. The molecule has 1 atom stereocenters. The molecule has 1 rings (SSSR count). The summed E-state index contributed by atoms with van der Waals surface area (Å²) in [6.07, 6.45) is 3.10. The summed E-state index contributed by atoms with van der Waals surface area (Å²) in [5.74, 6) is -0.575. The summed E-state index contributed by atoms with van der Waals surface area (Å²) in [5.41, 5.74) is -0.608. The minimum atomic E-state index is -0.997. The predicted octanol–water partition coefficient (Wildman–Crippen LogP) is 2.15. The van der Waals surface area contributed by atoms with Gasteiger partial charge in [-0.05, 0) is 33.1 Å². The monoisotopic (exact) mass is 243 g/mol. The molecule has 17 heavy (non-hydrogen) atoms. The maximum absolute atomic E-state index is 11.5. The first-order valence-electron chi connectivity index (χ1n) is 6.00. The van der Waals surface area contributed by atoms with Gasteiger partial charge in [-0.25, -0.2) is 9.59 Å². The zero-order chi connectivity index (χ0) is 13.1. The third-order valence-corrected chi connectivity index (χ3v) is 2.78. The summed E-state index contributed by atoms with van der Waals surface area (Å²) in [7, 11) is 0. The van der Waals surface area contributed by atoms with Gasteiger partial charge >= 0.3 is 12.1 Å². The van der Waals surface area contributed by atoms with Gasteiger partial charge in [-0.2, -0.15) is 0 Å². The van der Waals surface area contributed by atoms with Crippen LogP contribution in [0.1, 0.15) is 46.5 Å². The van der Waals surface area contributed by atoms with Crippen LogP contribution in [0.2, 0.25) is 0 Å². The molecular formula is C12H21NO4. The Labute approximate surface area is 102 Å². The number of alkyl carbamates (subject to hydrolysis) is 1. The highest BCUT2D eigenvalue weighted by atomic mass is 16.6. The molecule has 0 radical (unpaired) electrons. The number of hydrogen-bond donors (Lipinski definition) is 2. The Morgan fingerprint density at radius 3 is 2.35 bits per heavy atom. The Balaban J connectivity index is 2.42. The van der Waals surface area contributed by atoms with E-state index in [2.05, 4.69) is 5.32 Å². The Morgan fingerprint density at radius 2 is 2.00 bits per heavy atom. The topological polar surface area (TPSA) is 75.6 Å². The van der Waals surface area contributed by atoms with Crippen LogP contribution >= 0.6 is 0 Å². The van der Waals surface area contributed by atoms with E-state index in [4.69, 9.17) is 9.84 Å². The number of carbonyl (C=O) groups is 2. The van der Waals surface area contributed by atoms with Crippen LogP contribution in [-0.2, 0) is 9.53 Å². The van der Waals surface area contributed by atoms with Gasteiger partial charge in [0, 0.05) is 0 Å². The van der Waals surface area contributed by atoms with Crippen molar-refractivity contribution in [1.29, 1.82) is 0 Å². The molecule has 0 heterocycles. The fourth-order valence-corrected chi connectivity index (χ4v) is 1.73. The van der Waals surface area contributed by atoms with Crippen molar-refractivity contribution in [2.24, 2.45) is 5.92 Å². The molecule has 1 amide bonds. The third-order valence-electron chi connectivity index (χ3n) is 2.78. The highest BCUT2D eigenvalue weighted by Crippen LogP contribution is 2.30. The molecule has 0 saturated heterocycles. The SMILES string of the molecule is CC(C)(C)OC(=O)N[C@@H](CC1CCC1)C(=O)O. The molecule has 0 aromatic rings. The van der Waals surface area contributed by atoms with E-state index in [1.807, 2.05) is 0 Å². The van der Waals surface area contributed by atoms with E-state index in [9.17, 15) is 9.59 Å². The number of carboxylic acids is 1. The molecule has 0 bridgehead atoms. The van der Waals surface area contributed by atoms with Gasteiger partial charge in [-0.3, -0.25) is 0 Å². The Kier molecular flexibility index (Phi) is 4.37. The molecule has 98 valence electrons. The van der Waals surface area contributed by atoms with Crippen molar-refractivity contribution in [3.63, 3.8) is 0 Å². The summed E-state index contributed by atoms with van der Waals surface area (Å²) in [6.45, 7) is 5.23. The number of carbonyl (C=O) groups excluding carboxylic acids is 1. The molecule has 1 aliphatic carbocycles. The normalized spacial score (nSPS) is 18.1. The molecule has 5 heteroatoms. The van der Waals surface area contributed by atoms with Gasteiger partial charge in [0.25, 0.3) is 0 Å². The van der Waals surface area contributed by atoms with Gasteiger partial charge in [0.15, 0.2) is 0 Å². The third kappa shape index (κ3) is 5.06. The second-order valence-corrected chi connectivity index (χ2v) is 5.57. The van der Waals surface area contributed by atoms with Crippen LogP contribution in [0.15, 0.2) is 0 Å². The number of hydrogen-bond acceptors (Lipinski definition) is 3. The van der Waals surface area contributed by atoms with E-state index in [1.54, 1.807) is 20.8 Å². The lowest BCUT2D eigenvalue weighted by atomic mass is 9.81. The molecule has 0 aliphatic heterocycles. The molecule has 0 spiro atoms. The van der Waals surface area contributed by atoms with Crippen LogP contribution in [0, 0.1) is 5.92 Å². The average molecular weight is 243 g/mol. The zero-order valence-electron chi connectivity index (χ0n) is 10.7. The molecule has 1 saturated carbocycles. The molecule has 5 nitrogen and oxygen atoms in total. The second kappa shape index (κ2) is 5.38. The predicted molar refractivity (Wildman–Crippen MR) is 62.8 cm³/mol. The molecule has 0 unspecified atom stereocenters. The summed E-state index contributed by atoms with van der Waals surface area (Å²) in [5, 5.41) is 11.4. The Bertz CT molecular complexity index is 291. The van der Waals surface area contributed by atoms with E-state index >= 15 is 0 Å². The van der Waals surface area contributed by atoms with Gasteiger partial charge in [-0.1, -0.05) is 19.3 Å². The van der Waals surface area contributed by atoms with Crippen LogP contribution in [-0.4, -0.2) is 28.8 Å². The van der Waals surface area contributed by atoms with Crippen LogP contribution < -0.4 is 5.32 Å². The zero-order valence-corrected chi connectivity index (χ0v) is 10.7. The molecule has 0 aromatic carbocycles. The molecular weight excluding hydrogens is 222 g/mol. The number of carboxylic acid groups (broad SMARTS) is 1. The largest absolute Gasteiger partial charge is 0.480 e. The average Bonchev–Trinajstić information content (AvgIpc) is 2.05. The van der Waals surface area contributed by atoms with Crippen molar-refractivity contribution in [3.05, 3.63) is 0 Å². The van der Waals surface area contributed by atoms with E-state index in [-0.39, 0.29) is 0 Å². The number of amides is 1. The maximum atomic E-state index is 11.5. The van der Waals surface area contributed by atoms with Crippen molar-refractivity contribution >= 4 is 12.1 Å². The fraction of sp³-hybridized carbons (Fsp3) is 0.833. The van der Waals surface area contributed by atoms with E-state index in [1.165, 1.54) is 0 Å². The first kappa shape index (κ1) is 13.8. The van der Waals surface area contributed by atoms with E-state index < -0.39 is 23.7 Å². The van der Waals surface area contributed by atoms with Gasteiger partial charge in [-0.15, -0.1) is 0 Å². The number of aliphatic carboxylic acids is 1. The Hall–Kier alpha value is -1.26. The highest BCUT2D eigenvalue weighted by molar-refractivity contribution is 5.80. The van der Waals surface area contributed by atoms with Crippen LogP contribution in [0.3, 0.4) is 0 Å². The lowest BCUT2D eigenvalue weighted by molar-refractivity contribution is -0.140. The van der Waals surface area contributed by atoms with E-state index in [0.717, 1.165) is 19.3 Å². The van der Waals surface area contributed by atoms with Crippen LogP contribution in [0.5, 0.6) is 0 Å². The molecule has 1 fully saturated rings. The van der Waals surface area contributed by atoms with Crippen molar-refractivity contribution < 1.29 is 19.4 Å². The summed E-state index contributed by atoms with van der Waals surface area (Å²) < 4.78 is 5.04. The Morgan fingerprint density at radius 1 is 1.41 bits per heavy atom. The highest BCUT2D eigenvalue weighted by Gasteiger charge is 2.29. The minimum Gasteiger partial charge on any atom is -0.480 e. The summed E-state index contributed by atoms with van der Waals surface area (Å²) in [4.78, 5) is 22.5. The standard InChI is InChI=1S/C12H21NO4/c1-12(2,3)17-11(16)13-9(10(14)15)7-8-5-4-6-8/h8-9H,4-7H2,1-3H3,(H,13,16)(H,14,15)/t9-/m0/s1. The van der Waals surface area contributed by atoms with Gasteiger partial charge in [0.2, 0.25) is 0 Å². The summed E-state index contributed by atoms with van der Waals surface area (Å²) in [6, 6.07) is -0.838. The quantitative estimate of drug-likeness (QED) is 0.793. The lowest BCUT2D eigenvalue weighted by Gasteiger charge is -2.29. The lowest BCUT2D eigenvalue weighted by Crippen LogP contribution is -2.45. The van der Waals surface area contributed by atoms with Crippen molar-refractivity contribution in [2.75, 3.05) is 0 Å². The second-order valence-electron chi connectivity index (χ2n) is 5.57. The molecule has 1 aliphatic rings. The maximum Gasteiger partial charge on any atom is 0.408 e. The smallest absolute Gasteiger partial charge is 0.408 e. The number of rotatable bonds is 4. The fourth-order valence-electron chi connectivity index (χ4n) is 1.73. The summed E-state index contributed by atoms with van der Waals surface area (Å²) >= 11 is 0. The van der Waals surface area contributed by atoms with Crippen LogP contribution in [0.25, 0.3) is 0 Å². The number of nitrogens with one attached hydrogen (secondary N) is 1. The number of ether oxygens (including phenoxy) is 1.